The highest BCUT2D eigenvalue weighted by Crippen LogP contribution is 2.39. The van der Waals surface area contributed by atoms with Crippen molar-refractivity contribution in [3.63, 3.8) is 0 Å². The van der Waals surface area contributed by atoms with Gasteiger partial charge in [-0.15, -0.1) is 10.2 Å². The zero-order chi connectivity index (χ0) is 18.6. The molecule has 144 valence electrons. The first-order valence-electron chi connectivity index (χ1n) is 9.85. The van der Waals surface area contributed by atoms with E-state index in [2.05, 4.69) is 28.9 Å². The van der Waals surface area contributed by atoms with Gasteiger partial charge in [-0.2, -0.15) is 0 Å². The fourth-order valence-corrected chi connectivity index (χ4v) is 4.19. The molecule has 2 amide bonds. The van der Waals surface area contributed by atoms with E-state index in [0.717, 1.165) is 51.9 Å². The summed E-state index contributed by atoms with van der Waals surface area (Å²) in [6, 6.07) is 0. The Labute approximate surface area is 155 Å². The van der Waals surface area contributed by atoms with Gasteiger partial charge in [0.05, 0.1) is 0 Å². The minimum Gasteiger partial charge on any atom is -0.342 e. The molecule has 2 aliphatic rings. The number of likely N-dealkylation sites (tertiary alicyclic amines) is 2. The highest BCUT2D eigenvalue weighted by Gasteiger charge is 2.42. The molecule has 0 N–H and O–H groups in total. The number of nitrogens with zero attached hydrogens (tertiary/aromatic N) is 5. The number of carbonyl (C=O) groups is 2. The highest BCUT2D eigenvalue weighted by atomic mass is 16.2. The number of carbonyl (C=O) groups excluding carboxylic acids is 2. The van der Waals surface area contributed by atoms with Crippen LogP contribution in [0.2, 0.25) is 0 Å². The van der Waals surface area contributed by atoms with Crippen LogP contribution >= 0.6 is 0 Å². The molecule has 0 bridgehead atoms. The molecule has 0 aromatic carbocycles. The van der Waals surface area contributed by atoms with Crippen molar-refractivity contribution in [3.05, 3.63) is 12.7 Å². The Balaban J connectivity index is 1.57. The summed E-state index contributed by atoms with van der Waals surface area (Å²) >= 11 is 0. The van der Waals surface area contributed by atoms with Crippen molar-refractivity contribution in [1.82, 2.24) is 24.6 Å². The highest BCUT2D eigenvalue weighted by molar-refractivity contribution is 5.78. The van der Waals surface area contributed by atoms with Gasteiger partial charge in [0.25, 0.3) is 0 Å². The summed E-state index contributed by atoms with van der Waals surface area (Å²) in [4.78, 5) is 29.1. The van der Waals surface area contributed by atoms with E-state index in [4.69, 9.17) is 0 Å². The first-order valence-corrected chi connectivity index (χ1v) is 9.85. The molecule has 1 aromatic rings. The lowest BCUT2D eigenvalue weighted by atomic mass is 9.73. The van der Waals surface area contributed by atoms with Gasteiger partial charge in [-0.25, -0.2) is 0 Å². The van der Waals surface area contributed by atoms with Crippen LogP contribution < -0.4 is 0 Å². The van der Waals surface area contributed by atoms with Gasteiger partial charge in [-0.05, 0) is 31.6 Å². The predicted octanol–water partition coefficient (Wildman–Crippen LogP) is 1.95. The minimum atomic E-state index is 0.0926. The van der Waals surface area contributed by atoms with Gasteiger partial charge < -0.3 is 14.4 Å². The Morgan fingerprint density at radius 1 is 1.19 bits per heavy atom. The van der Waals surface area contributed by atoms with E-state index in [1.165, 1.54) is 0 Å². The Hall–Kier alpha value is -1.92. The molecule has 7 heteroatoms. The van der Waals surface area contributed by atoms with Crippen LogP contribution in [0.3, 0.4) is 0 Å². The van der Waals surface area contributed by atoms with Crippen LogP contribution in [0.4, 0.5) is 0 Å². The molecule has 0 radical (unpaired) electrons. The quantitative estimate of drug-likeness (QED) is 0.776. The van der Waals surface area contributed by atoms with Crippen molar-refractivity contribution in [2.24, 2.45) is 11.3 Å². The number of hydrogen-bond donors (Lipinski definition) is 0. The van der Waals surface area contributed by atoms with Crippen LogP contribution in [-0.4, -0.2) is 62.6 Å². The smallest absolute Gasteiger partial charge is 0.224 e. The number of hydrogen-bond acceptors (Lipinski definition) is 4. The van der Waals surface area contributed by atoms with Gasteiger partial charge in [-0.1, -0.05) is 13.8 Å². The average molecular weight is 361 g/mol. The molecule has 2 fully saturated rings. The van der Waals surface area contributed by atoms with Crippen molar-refractivity contribution in [3.8, 4) is 0 Å². The normalized spacial score (nSPS) is 23.9. The first-order chi connectivity index (χ1) is 12.5. The Morgan fingerprint density at radius 3 is 2.69 bits per heavy atom. The maximum Gasteiger partial charge on any atom is 0.224 e. The molecule has 2 saturated heterocycles. The second-order valence-corrected chi connectivity index (χ2v) is 8.37. The van der Waals surface area contributed by atoms with Crippen LogP contribution in [0.1, 0.15) is 52.4 Å². The summed E-state index contributed by atoms with van der Waals surface area (Å²) in [5, 5.41) is 7.55. The van der Waals surface area contributed by atoms with E-state index in [1.54, 1.807) is 12.7 Å². The van der Waals surface area contributed by atoms with Crippen molar-refractivity contribution in [2.75, 3.05) is 26.2 Å². The number of piperidine rings is 2. The summed E-state index contributed by atoms with van der Waals surface area (Å²) < 4.78 is 1.84. The average Bonchev–Trinajstić information content (AvgIpc) is 3.14. The molecule has 3 heterocycles. The van der Waals surface area contributed by atoms with Crippen molar-refractivity contribution in [2.45, 2.75) is 58.9 Å². The van der Waals surface area contributed by atoms with Crippen LogP contribution in [0.5, 0.6) is 0 Å². The molecular formula is C19H31N5O2. The number of amides is 2. The molecule has 2 aliphatic heterocycles. The molecule has 0 unspecified atom stereocenters. The summed E-state index contributed by atoms with van der Waals surface area (Å²) in [5.41, 5.74) is 0.0926. The molecule has 0 saturated carbocycles. The van der Waals surface area contributed by atoms with Crippen molar-refractivity contribution < 1.29 is 9.59 Å². The van der Waals surface area contributed by atoms with Gasteiger partial charge in [0.15, 0.2) is 0 Å². The summed E-state index contributed by atoms with van der Waals surface area (Å²) in [6.45, 7) is 8.30. The van der Waals surface area contributed by atoms with Gasteiger partial charge >= 0.3 is 0 Å². The van der Waals surface area contributed by atoms with Gasteiger partial charge in [0.2, 0.25) is 11.8 Å². The van der Waals surface area contributed by atoms with Gasteiger partial charge in [0, 0.05) is 51.0 Å². The largest absolute Gasteiger partial charge is 0.342 e. The van der Waals surface area contributed by atoms with Gasteiger partial charge in [0.1, 0.15) is 12.7 Å². The van der Waals surface area contributed by atoms with Crippen LogP contribution in [-0.2, 0) is 16.1 Å². The molecule has 1 spiro atoms. The molecule has 1 aromatic heterocycles. The van der Waals surface area contributed by atoms with E-state index in [-0.39, 0.29) is 17.2 Å². The fourth-order valence-electron chi connectivity index (χ4n) is 4.19. The summed E-state index contributed by atoms with van der Waals surface area (Å²) in [6.07, 6.45) is 8.50. The third kappa shape index (κ3) is 4.62. The second-order valence-electron chi connectivity index (χ2n) is 8.37. The number of aromatic nitrogens is 3. The second kappa shape index (κ2) is 8.18. The zero-order valence-electron chi connectivity index (χ0n) is 16.1. The molecule has 26 heavy (non-hydrogen) atoms. The van der Waals surface area contributed by atoms with Crippen LogP contribution in [0, 0.1) is 11.3 Å². The molecular weight excluding hydrogens is 330 g/mol. The van der Waals surface area contributed by atoms with Crippen molar-refractivity contribution in [1.29, 1.82) is 0 Å². The van der Waals surface area contributed by atoms with E-state index in [9.17, 15) is 9.59 Å². The van der Waals surface area contributed by atoms with E-state index in [1.807, 2.05) is 9.47 Å². The minimum absolute atomic E-state index is 0.0926. The van der Waals surface area contributed by atoms with Crippen LogP contribution in [0.15, 0.2) is 12.7 Å². The molecule has 1 atom stereocenters. The maximum atomic E-state index is 12.7. The maximum absolute atomic E-state index is 12.7. The van der Waals surface area contributed by atoms with Crippen molar-refractivity contribution >= 4 is 11.8 Å². The molecule has 0 aliphatic carbocycles. The Kier molecular flexibility index (Phi) is 5.94. The fraction of sp³-hybridized carbons (Fsp3) is 0.789. The molecule has 3 rings (SSSR count). The van der Waals surface area contributed by atoms with E-state index >= 15 is 0 Å². The lowest BCUT2D eigenvalue weighted by Gasteiger charge is -2.48. The molecule has 7 nitrogen and oxygen atoms in total. The monoisotopic (exact) mass is 361 g/mol. The topological polar surface area (TPSA) is 71.3 Å². The van der Waals surface area contributed by atoms with E-state index < -0.39 is 0 Å². The third-order valence-electron chi connectivity index (χ3n) is 5.79. The number of rotatable bonds is 6. The van der Waals surface area contributed by atoms with Gasteiger partial charge in [-0.3, -0.25) is 9.59 Å². The first kappa shape index (κ1) is 18.9. The zero-order valence-corrected chi connectivity index (χ0v) is 16.1. The summed E-state index contributed by atoms with van der Waals surface area (Å²) in [5.74, 6) is 1.08. The lowest BCUT2D eigenvalue weighted by molar-refractivity contribution is -0.143. The third-order valence-corrected chi connectivity index (χ3v) is 5.79. The lowest BCUT2D eigenvalue weighted by Crippen LogP contribution is -2.55. The van der Waals surface area contributed by atoms with Crippen LogP contribution in [0.25, 0.3) is 0 Å². The predicted molar refractivity (Wildman–Crippen MR) is 98.2 cm³/mol. The Bertz CT molecular complexity index is 615. The standard InChI is InChI=1S/C19H31N5O2/c1-16(2)5-11-24-13-19(8-4-17(24)25)7-3-9-23(12-19)18(26)6-10-22-14-20-21-15-22/h14-16H,3-13H2,1-2H3/t19-/m1/s1. The number of aryl methyl sites for hydroxylation is 1. The van der Waals surface area contributed by atoms with E-state index in [0.29, 0.717) is 25.3 Å². The SMILES string of the molecule is CC(C)CCN1C[C@]2(CCCN(C(=O)CCn3cnnc3)C2)CCC1=O. The summed E-state index contributed by atoms with van der Waals surface area (Å²) in [7, 11) is 0. The Morgan fingerprint density at radius 2 is 1.96 bits per heavy atom.